The van der Waals surface area contributed by atoms with Gasteiger partial charge in [0.05, 0.1) is 0 Å². The summed E-state index contributed by atoms with van der Waals surface area (Å²) in [6.07, 6.45) is 0.887. The van der Waals surface area contributed by atoms with E-state index in [0.717, 1.165) is 17.6 Å². The summed E-state index contributed by atoms with van der Waals surface area (Å²) in [6, 6.07) is 0. The first-order chi connectivity index (χ1) is 5.50. The van der Waals surface area contributed by atoms with Crippen LogP contribution in [0.2, 0.25) is 0 Å². The highest BCUT2D eigenvalue weighted by molar-refractivity contribution is 8.93. The lowest BCUT2D eigenvalue weighted by Crippen LogP contribution is -2.38. The molecule has 3 nitrogen and oxygen atoms in total. The fourth-order valence-corrected chi connectivity index (χ4v) is 0.772. The minimum Gasteiger partial charge on any atom is -0.277 e. The summed E-state index contributed by atoms with van der Waals surface area (Å²) in [5.41, 5.74) is 1.76. The van der Waals surface area contributed by atoms with Gasteiger partial charge in [0.1, 0.15) is 0 Å². The van der Waals surface area contributed by atoms with Crippen molar-refractivity contribution in [2.45, 2.75) is 34.1 Å². The average molecular weight is 251 g/mol. The number of nitrogens with zero attached hydrogens (tertiary/aromatic N) is 1. The molecule has 0 saturated heterocycles. The quantitative estimate of drug-likeness (QED) is 0.361. The zero-order valence-corrected chi connectivity index (χ0v) is 10.5. The van der Waals surface area contributed by atoms with Gasteiger partial charge < -0.3 is 0 Å². The summed E-state index contributed by atoms with van der Waals surface area (Å²) in [5.74, 6) is 5.44. The Hall–Kier alpha value is -0.350. The lowest BCUT2D eigenvalue weighted by molar-refractivity contribution is -0.127. The largest absolute Gasteiger partial charge is 0.277 e. The lowest BCUT2D eigenvalue weighted by Gasteiger charge is -2.16. The summed E-state index contributed by atoms with van der Waals surface area (Å²) in [6.45, 7) is 8.22. The summed E-state index contributed by atoms with van der Waals surface area (Å²) >= 11 is 0. The summed E-state index contributed by atoms with van der Waals surface area (Å²) < 4.78 is 0. The zero-order valence-electron chi connectivity index (χ0n) is 8.76. The van der Waals surface area contributed by atoms with Gasteiger partial charge in [-0.25, -0.2) is 5.84 Å². The van der Waals surface area contributed by atoms with Crippen molar-refractivity contribution < 1.29 is 4.79 Å². The number of carbonyl (C=O) groups excluding carboxylic acids is 1. The van der Waals surface area contributed by atoms with E-state index < -0.39 is 0 Å². The summed E-state index contributed by atoms with van der Waals surface area (Å²) in [7, 11) is 0. The number of allylic oxidation sites excluding steroid dienone is 1. The molecule has 0 aromatic carbocycles. The number of nitrogens with two attached hydrogens (primary N) is 1. The molecule has 0 aromatic rings. The predicted octanol–water partition coefficient (Wildman–Crippen LogP) is 2.03. The molecular weight excluding hydrogens is 232 g/mol. The van der Waals surface area contributed by atoms with Crippen LogP contribution in [0.4, 0.5) is 0 Å². The van der Waals surface area contributed by atoms with Crippen LogP contribution in [0.3, 0.4) is 0 Å². The van der Waals surface area contributed by atoms with E-state index in [-0.39, 0.29) is 22.9 Å². The number of rotatable bonds is 3. The molecule has 0 aliphatic heterocycles. The van der Waals surface area contributed by atoms with Crippen molar-refractivity contribution in [2.75, 3.05) is 6.54 Å². The van der Waals surface area contributed by atoms with Crippen molar-refractivity contribution in [2.24, 2.45) is 5.84 Å². The Morgan fingerprint density at radius 3 is 2.08 bits per heavy atom. The van der Waals surface area contributed by atoms with Gasteiger partial charge in [0.2, 0.25) is 0 Å². The van der Waals surface area contributed by atoms with Crippen LogP contribution in [-0.2, 0) is 4.79 Å². The van der Waals surface area contributed by atoms with E-state index in [1.807, 2.05) is 20.8 Å². The third kappa shape index (κ3) is 5.05. The van der Waals surface area contributed by atoms with Gasteiger partial charge in [-0.2, -0.15) is 0 Å². The number of halogens is 1. The third-order valence-corrected chi connectivity index (χ3v) is 1.80. The van der Waals surface area contributed by atoms with Gasteiger partial charge in [0.25, 0.3) is 5.91 Å². The van der Waals surface area contributed by atoms with Crippen LogP contribution in [0, 0.1) is 0 Å². The normalized spacial score (nSPS) is 8.69. The second kappa shape index (κ2) is 7.09. The van der Waals surface area contributed by atoms with Crippen molar-refractivity contribution in [1.82, 2.24) is 5.01 Å². The van der Waals surface area contributed by atoms with Crippen molar-refractivity contribution >= 4 is 22.9 Å². The van der Waals surface area contributed by atoms with E-state index in [4.69, 9.17) is 5.84 Å². The van der Waals surface area contributed by atoms with Gasteiger partial charge in [-0.1, -0.05) is 12.5 Å². The fraction of sp³-hybridized carbons (Fsp3) is 0.667. The van der Waals surface area contributed by atoms with Crippen LogP contribution in [0.15, 0.2) is 11.1 Å². The number of hydrazine groups is 1. The molecule has 0 radical (unpaired) electrons. The van der Waals surface area contributed by atoms with Crippen LogP contribution in [-0.4, -0.2) is 17.5 Å². The van der Waals surface area contributed by atoms with Crippen LogP contribution in [0.25, 0.3) is 0 Å². The maximum absolute atomic E-state index is 11.4. The van der Waals surface area contributed by atoms with Gasteiger partial charge in [0, 0.05) is 12.1 Å². The molecular formula is C9H19BrN2O. The highest BCUT2D eigenvalue weighted by Gasteiger charge is 2.10. The Labute approximate surface area is 90.7 Å². The molecule has 0 rings (SSSR count). The van der Waals surface area contributed by atoms with Crippen molar-refractivity contribution in [1.29, 1.82) is 0 Å². The molecule has 78 valence electrons. The number of carbonyl (C=O) groups is 1. The molecule has 0 unspecified atom stereocenters. The van der Waals surface area contributed by atoms with E-state index in [2.05, 4.69) is 0 Å². The van der Waals surface area contributed by atoms with E-state index in [0.29, 0.717) is 6.54 Å². The summed E-state index contributed by atoms with van der Waals surface area (Å²) in [5, 5.41) is 1.27. The van der Waals surface area contributed by atoms with E-state index in [1.54, 1.807) is 6.92 Å². The SMILES string of the molecule is Br.CCCN(N)C(=O)C(C)=C(C)C. The highest BCUT2D eigenvalue weighted by Crippen LogP contribution is 2.04. The fourth-order valence-electron chi connectivity index (χ4n) is 0.772. The van der Waals surface area contributed by atoms with Crippen molar-refractivity contribution in [3.63, 3.8) is 0 Å². The van der Waals surface area contributed by atoms with Crippen LogP contribution in [0.5, 0.6) is 0 Å². The van der Waals surface area contributed by atoms with Crippen LogP contribution >= 0.6 is 17.0 Å². The lowest BCUT2D eigenvalue weighted by atomic mass is 10.1. The van der Waals surface area contributed by atoms with Gasteiger partial charge in [-0.3, -0.25) is 9.80 Å². The van der Waals surface area contributed by atoms with Gasteiger partial charge in [-0.15, -0.1) is 17.0 Å². The second-order valence-corrected chi connectivity index (χ2v) is 3.12. The Morgan fingerprint density at radius 1 is 1.31 bits per heavy atom. The maximum Gasteiger partial charge on any atom is 0.263 e. The first-order valence-corrected chi connectivity index (χ1v) is 4.21. The number of amides is 1. The first kappa shape index (κ1) is 15.1. The third-order valence-electron chi connectivity index (χ3n) is 1.80. The molecule has 0 atom stereocenters. The first-order valence-electron chi connectivity index (χ1n) is 4.21. The topological polar surface area (TPSA) is 46.3 Å². The van der Waals surface area contributed by atoms with Gasteiger partial charge in [0.15, 0.2) is 0 Å². The number of hydrogen-bond acceptors (Lipinski definition) is 2. The Balaban J connectivity index is 0. The monoisotopic (exact) mass is 250 g/mol. The predicted molar refractivity (Wildman–Crippen MR) is 60.6 cm³/mol. The van der Waals surface area contributed by atoms with Crippen molar-refractivity contribution in [3.8, 4) is 0 Å². The second-order valence-electron chi connectivity index (χ2n) is 3.12. The minimum absolute atomic E-state index is 0. The van der Waals surface area contributed by atoms with E-state index >= 15 is 0 Å². The summed E-state index contributed by atoms with van der Waals surface area (Å²) in [4.78, 5) is 11.4. The maximum atomic E-state index is 11.4. The van der Waals surface area contributed by atoms with Gasteiger partial charge >= 0.3 is 0 Å². The van der Waals surface area contributed by atoms with E-state index in [1.165, 1.54) is 5.01 Å². The number of hydrogen-bond donors (Lipinski definition) is 1. The standard InChI is InChI=1S/C9H18N2O.BrH/c1-5-6-11(10)9(12)8(4)7(2)3;/h5-6,10H2,1-4H3;1H. The smallest absolute Gasteiger partial charge is 0.263 e. The minimum atomic E-state index is -0.0724. The highest BCUT2D eigenvalue weighted by atomic mass is 79.9. The molecule has 0 saturated carbocycles. The molecule has 0 aliphatic rings. The van der Waals surface area contributed by atoms with Crippen LogP contribution < -0.4 is 5.84 Å². The molecule has 0 spiro atoms. The molecule has 0 fully saturated rings. The molecule has 1 amide bonds. The molecule has 2 N–H and O–H groups in total. The Morgan fingerprint density at radius 2 is 1.77 bits per heavy atom. The average Bonchev–Trinajstić information content (AvgIpc) is 2.02. The Bertz CT molecular complexity index is 198. The molecule has 0 aliphatic carbocycles. The molecule has 0 heterocycles. The van der Waals surface area contributed by atoms with Gasteiger partial charge in [-0.05, 0) is 27.2 Å². The molecule has 0 aromatic heterocycles. The van der Waals surface area contributed by atoms with Crippen molar-refractivity contribution in [3.05, 3.63) is 11.1 Å². The molecule has 4 heteroatoms. The molecule has 0 bridgehead atoms. The van der Waals surface area contributed by atoms with E-state index in [9.17, 15) is 4.79 Å². The zero-order chi connectivity index (χ0) is 9.72. The Kier molecular flexibility index (Phi) is 8.26. The molecule has 13 heavy (non-hydrogen) atoms. The van der Waals surface area contributed by atoms with Crippen LogP contribution in [0.1, 0.15) is 34.1 Å².